The molecule has 0 saturated carbocycles. The van der Waals surface area contributed by atoms with Gasteiger partial charge in [0.1, 0.15) is 6.10 Å². The lowest BCUT2D eigenvalue weighted by atomic mass is 9.80. The quantitative estimate of drug-likeness (QED) is 0.543. The normalized spacial score (nSPS) is 41.6. The summed E-state index contributed by atoms with van der Waals surface area (Å²) in [5, 5.41) is 0. The van der Waals surface area contributed by atoms with Crippen LogP contribution < -0.4 is 0 Å². The number of cyclic esters (lactones) is 1. The van der Waals surface area contributed by atoms with Crippen molar-refractivity contribution in [2.24, 2.45) is 11.8 Å². The van der Waals surface area contributed by atoms with Gasteiger partial charge in [-0.2, -0.15) is 0 Å². The minimum Gasteiger partial charge on any atom is -0.457 e. The number of fused-ring (bicyclic) bond motifs is 5. The topological polar surface area (TPSA) is 35.5 Å². The number of carbonyl (C=O) groups excluding carboxylic acids is 1. The fourth-order valence-corrected chi connectivity index (χ4v) is 3.21. The zero-order valence-corrected chi connectivity index (χ0v) is 9.15. The highest BCUT2D eigenvalue weighted by Gasteiger charge is 2.59. The summed E-state index contributed by atoms with van der Waals surface area (Å²) in [6.07, 6.45) is 3.88. The average molecular weight is 228 g/mol. The summed E-state index contributed by atoms with van der Waals surface area (Å²) >= 11 is 0. The molecule has 17 heavy (non-hydrogen) atoms. The predicted octanol–water partition coefficient (Wildman–Crippen LogP) is 1.85. The lowest BCUT2D eigenvalue weighted by molar-refractivity contribution is -0.147. The van der Waals surface area contributed by atoms with E-state index in [1.807, 2.05) is 36.4 Å². The van der Waals surface area contributed by atoms with Crippen molar-refractivity contribution in [3.63, 3.8) is 0 Å². The van der Waals surface area contributed by atoms with Gasteiger partial charge in [0.25, 0.3) is 0 Å². The Morgan fingerprint density at radius 1 is 1.00 bits per heavy atom. The lowest BCUT2D eigenvalue weighted by Crippen LogP contribution is -2.25. The SMILES string of the molecule is O=C1O[C@@H](c2ccccc2)[C@H]2[C@@H]1[C@@H]1C=C[C@H]2O1. The molecule has 3 heteroatoms. The van der Waals surface area contributed by atoms with E-state index in [4.69, 9.17) is 9.47 Å². The molecule has 0 N–H and O–H groups in total. The van der Waals surface area contributed by atoms with E-state index in [1.165, 1.54) is 0 Å². The van der Waals surface area contributed by atoms with Crippen LogP contribution in [0.1, 0.15) is 11.7 Å². The van der Waals surface area contributed by atoms with Crippen LogP contribution >= 0.6 is 0 Å². The summed E-state index contributed by atoms with van der Waals surface area (Å²) in [6, 6.07) is 9.93. The van der Waals surface area contributed by atoms with Crippen LogP contribution in [0.5, 0.6) is 0 Å². The van der Waals surface area contributed by atoms with Gasteiger partial charge in [0.05, 0.1) is 18.1 Å². The summed E-state index contributed by atoms with van der Waals surface area (Å²) in [6.45, 7) is 0. The Kier molecular flexibility index (Phi) is 1.77. The molecule has 3 aliphatic rings. The van der Waals surface area contributed by atoms with Crippen molar-refractivity contribution >= 4 is 5.97 Å². The van der Waals surface area contributed by atoms with E-state index in [0.717, 1.165) is 5.56 Å². The average Bonchev–Trinajstić information content (AvgIpc) is 3.03. The Morgan fingerprint density at radius 3 is 2.59 bits per heavy atom. The molecule has 2 fully saturated rings. The predicted molar refractivity (Wildman–Crippen MR) is 60.1 cm³/mol. The fourth-order valence-electron chi connectivity index (χ4n) is 3.21. The molecule has 0 aromatic heterocycles. The van der Waals surface area contributed by atoms with Gasteiger partial charge in [-0.25, -0.2) is 0 Å². The standard InChI is InChI=1S/C14H12O3/c15-14-12-10-7-6-9(16-10)11(12)13(17-14)8-4-2-1-3-5-8/h1-7,9-13H/t9-,10+,11-,12+,13+/m1/s1. The monoisotopic (exact) mass is 228 g/mol. The van der Waals surface area contributed by atoms with Crippen molar-refractivity contribution in [1.82, 2.24) is 0 Å². The van der Waals surface area contributed by atoms with Crippen LogP contribution in [0.25, 0.3) is 0 Å². The van der Waals surface area contributed by atoms with Crippen LogP contribution in [0.15, 0.2) is 42.5 Å². The van der Waals surface area contributed by atoms with Gasteiger partial charge in [0.15, 0.2) is 0 Å². The van der Waals surface area contributed by atoms with Crippen LogP contribution in [0.2, 0.25) is 0 Å². The Bertz CT molecular complexity index is 493. The third-order valence-corrected chi connectivity index (χ3v) is 3.95. The van der Waals surface area contributed by atoms with Gasteiger partial charge in [-0.1, -0.05) is 42.5 Å². The molecule has 0 aliphatic carbocycles. The number of carbonyl (C=O) groups is 1. The Labute approximate surface area is 99.0 Å². The van der Waals surface area contributed by atoms with E-state index in [9.17, 15) is 4.79 Å². The fraction of sp³-hybridized carbons (Fsp3) is 0.357. The lowest BCUT2D eigenvalue weighted by Gasteiger charge is -2.20. The number of esters is 1. The van der Waals surface area contributed by atoms with Gasteiger partial charge in [-0.05, 0) is 5.56 Å². The third-order valence-electron chi connectivity index (χ3n) is 3.95. The van der Waals surface area contributed by atoms with E-state index < -0.39 is 0 Å². The van der Waals surface area contributed by atoms with Crippen LogP contribution in [-0.2, 0) is 14.3 Å². The Hall–Kier alpha value is -1.61. The first-order valence-electron chi connectivity index (χ1n) is 5.94. The first kappa shape index (κ1) is 9.42. The van der Waals surface area contributed by atoms with E-state index in [1.54, 1.807) is 0 Å². The molecule has 3 heterocycles. The maximum absolute atomic E-state index is 11.9. The number of rotatable bonds is 1. The van der Waals surface area contributed by atoms with Crippen LogP contribution in [0.3, 0.4) is 0 Å². The molecule has 4 rings (SSSR count). The number of hydrogen-bond donors (Lipinski definition) is 0. The van der Waals surface area contributed by atoms with E-state index in [2.05, 4.69) is 6.08 Å². The van der Waals surface area contributed by atoms with Crippen molar-refractivity contribution in [3.8, 4) is 0 Å². The molecule has 5 atom stereocenters. The molecule has 0 spiro atoms. The van der Waals surface area contributed by atoms with Gasteiger partial charge in [-0.3, -0.25) is 4.79 Å². The molecule has 2 bridgehead atoms. The Balaban J connectivity index is 1.75. The third kappa shape index (κ3) is 1.17. The second kappa shape index (κ2) is 3.20. The molecule has 0 unspecified atom stereocenters. The van der Waals surface area contributed by atoms with Crippen molar-refractivity contribution < 1.29 is 14.3 Å². The van der Waals surface area contributed by atoms with Crippen molar-refractivity contribution in [2.45, 2.75) is 18.3 Å². The number of ether oxygens (including phenoxy) is 2. The molecular formula is C14H12O3. The first-order valence-corrected chi connectivity index (χ1v) is 5.94. The molecule has 2 saturated heterocycles. The smallest absolute Gasteiger partial charge is 0.313 e. The molecular weight excluding hydrogens is 216 g/mol. The summed E-state index contributed by atoms with van der Waals surface area (Å²) in [4.78, 5) is 11.9. The van der Waals surface area contributed by atoms with Crippen molar-refractivity contribution in [3.05, 3.63) is 48.0 Å². The maximum Gasteiger partial charge on any atom is 0.313 e. The highest BCUT2D eigenvalue weighted by Crippen LogP contribution is 2.51. The zero-order chi connectivity index (χ0) is 11.4. The maximum atomic E-state index is 11.9. The van der Waals surface area contributed by atoms with Crippen LogP contribution in [0.4, 0.5) is 0 Å². The van der Waals surface area contributed by atoms with Gasteiger partial charge < -0.3 is 9.47 Å². The van der Waals surface area contributed by atoms with Gasteiger partial charge in [0.2, 0.25) is 0 Å². The number of hydrogen-bond acceptors (Lipinski definition) is 3. The van der Waals surface area contributed by atoms with Crippen LogP contribution in [-0.4, -0.2) is 18.2 Å². The van der Waals surface area contributed by atoms with E-state index >= 15 is 0 Å². The minimum absolute atomic E-state index is 0.0432. The molecule has 3 nitrogen and oxygen atoms in total. The van der Waals surface area contributed by atoms with Gasteiger partial charge in [-0.15, -0.1) is 0 Å². The van der Waals surface area contributed by atoms with Crippen molar-refractivity contribution in [1.29, 1.82) is 0 Å². The Morgan fingerprint density at radius 2 is 1.76 bits per heavy atom. The first-order chi connectivity index (χ1) is 8.34. The summed E-state index contributed by atoms with van der Waals surface area (Å²) in [7, 11) is 0. The molecule has 0 amide bonds. The highest BCUT2D eigenvalue weighted by atomic mass is 16.6. The van der Waals surface area contributed by atoms with Crippen molar-refractivity contribution in [2.75, 3.05) is 0 Å². The second-order valence-electron chi connectivity index (χ2n) is 4.82. The molecule has 3 aliphatic heterocycles. The van der Waals surface area contributed by atoms with E-state index in [0.29, 0.717) is 0 Å². The van der Waals surface area contributed by atoms with Gasteiger partial charge in [0, 0.05) is 5.92 Å². The molecule has 1 aromatic carbocycles. The summed E-state index contributed by atoms with van der Waals surface area (Å²) in [5.41, 5.74) is 1.07. The van der Waals surface area contributed by atoms with Gasteiger partial charge >= 0.3 is 5.97 Å². The largest absolute Gasteiger partial charge is 0.457 e. The number of benzene rings is 1. The highest BCUT2D eigenvalue weighted by molar-refractivity contribution is 5.78. The van der Waals surface area contributed by atoms with Crippen LogP contribution in [0, 0.1) is 11.8 Å². The summed E-state index contributed by atoms with van der Waals surface area (Å²) in [5.74, 6) is -0.0594. The molecule has 86 valence electrons. The second-order valence-corrected chi connectivity index (χ2v) is 4.82. The molecule has 0 radical (unpaired) electrons. The summed E-state index contributed by atoms with van der Waals surface area (Å²) < 4.78 is 11.3. The minimum atomic E-state index is -0.145. The van der Waals surface area contributed by atoms with E-state index in [-0.39, 0.29) is 36.1 Å². The zero-order valence-electron chi connectivity index (χ0n) is 9.15. The molecule has 1 aromatic rings.